The predicted molar refractivity (Wildman–Crippen MR) is 123 cm³/mol. The summed E-state index contributed by atoms with van der Waals surface area (Å²) in [5, 5.41) is 17.4. The van der Waals surface area contributed by atoms with Crippen LogP contribution in [0.15, 0.2) is 55.0 Å². The van der Waals surface area contributed by atoms with Crippen molar-refractivity contribution in [1.29, 1.82) is 0 Å². The Morgan fingerprint density at radius 3 is 2.53 bits per heavy atom. The van der Waals surface area contributed by atoms with Crippen molar-refractivity contribution >= 4 is 34.3 Å². The van der Waals surface area contributed by atoms with E-state index < -0.39 is 24.0 Å². The molecule has 0 bridgehead atoms. The molecule has 8 heteroatoms. The van der Waals surface area contributed by atoms with Crippen LogP contribution < -0.4 is 10.6 Å². The fraction of sp³-hybridized carbons (Fsp3) is 0.333. The van der Waals surface area contributed by atoms with Crippen molar-refractivity contribution in [3.05, 3.63) is 60.6 Å². The Bertz CT molecular complexity index is 1050. The average Bonchev–Trinajstić information content (AvgIpc) is 2.80. The number of carboxylic acids is 1. The lowest BCUT2D eigenvalue weighted by Gasteiger charge is -2.24. The first kappa shape index (κ1) is 23.0. The number of rotatable bonds is 10. The van der Waals surface area contributed by atoms with E-state index in [0.29, 0.717) is 12.2 Å². The van der Waals surface area contributed by atoms with Gasteiger partial charge in [0, 0.05) is 35.6 Å². The third-order valence-corrected chi connectivity index (χ3v) is 5.28. The van der Waals surface area contributed by atoms with Crippen LogP contribution in [0.1, 0.15) is 44.6 Å². The minimum absolute atomic E-state index is 0.267. The van der Waals surface area contributed by atoms with Crippen molar-refractivity contribution in [2.75, 3.05) is 11.9 Å². The Morgan fingerprint density at radius 2 is 1.84 bits per heavy atom. The second-order valence-corrected chi connectivity index (χ2v) is 7.47. The molecule has 3 rings (SSSR count). The highest BCUT2D eigenvalue weighted by atomic mass is 16.5. The number of alkyl carbamates (subject to hydrolysis) is 1. The second-order valence-electron chi connectivity index (χ2n) is 7.47. The number of carboxylic acid groups (broad SMARTS) is 1. The van der Waals surface area contributed by atoms with Crippen LogP contribution in [0.2, 0.25) is 0 Å². The third kappa shape index (κ3) is 5.72. The van der Waals surface area contributed by atoms with E-state index >= 15 is 0 Å². The van der Waals surface area contributed by atoms with Crippen LogP contribution in [0.3, 0.4) is 0 Å². The van der Waals surface area contributed by atoms with E-state index in [-0.39, 0.29) is 6.61 Å². The summed E-state index contributed by atoms with van der Waals surface area (Å²) in [5.41, 5.74) is 1.62. The monoisotopic (exact) mass is 436 g/mol. The lowest BCUT2D eigenvalue weighted by Crippen LogP contribution is -2.45. The van der Waals surface area contributed by atoms with Gasteiger partial charge in [-0.05, 0) is 48.1 Å². The van der Waals surface area contributed by atoms with Crippen molar-refractivity contribution < 1.29 is 19.4 Å². The van der Waals surface area contributed by atoms with Gasteiger partial charge in [-0.25, -0.2) is 14.6 Å². The molecule has 1 amide bonds. The molecule has 0 aliphatic rings. The van der Waals surface area contributed by atoms with Gasteiger partial charge in [-0.1, -0.05) is 32.4 Å². The summed E-state index contributed by atoms with van der Waals surface area (Å²) in [6.07, 6.45) is 6.67. The van der Waals surface area contributed by atoms with E-state index in [9.17, 15) is 14.7 Å². The third-order valence-electron chi connectivity index (χ3n) is 5.28. The zero-order valence-electron chi connectivity index (χ0n) is 18.2. The molecule has 168 valence electrons. The lowest BCUT2D eigenvalue weighted by atomic mass is 9.89. The number of hydrogen-bond donors (Lipinski definition) is 3. The van der Waals surface area contributed by atoms with Crippen LogP contribution in [-0.2, 0) is 9.53 Å². The summed E-state index contributed by atoms with van der Waals surface area (Å²) in [7, 11) is 0. The highest BCUT2D eigenvalue weighted by Crippen LogP contribution is 2.28. The molecule has 2 unspecified atom stereocenters. The molecule has 0 aliphatic heterocycles. The summed E-state index contributed by atoms with van der Waals surface area (Å²) < 4.78 is 5.08. The number of nitrogens with one attached hydrogen (secondary N) is 2. The smallest absolute Gasteiger partial charge is 0.407 e. The first-order valence-electron chi connectivity index (χ1n) is 10.7. The second kappa shape index (κ2) is 11.1. The molecule has 0 saturated carbocycles. The van der Waals surface area contributed by atoms with Gasteiger partial charge in [-0.15, -0.1) is 0 Å². The number of unbranched alkanes of at least 4 members (excludes halogenated alkanes) is 1. The molecule has 2 aromatic heterocycles. The Kier molecular flexibility index (Phi) is 7.96. The topological polar surface area (TPSA) is 113 Å². The van der Waals surface area contributed by atoms with E-state index in [0.717, 1.165) is 34.9 Å². The first-order chi connectivity index (χ1) is 15.5. The Balaban J connectivity index is 1.74. The van der Waals surface area contributed by atoms with Crippen molar-refractivity contribution in [1.82, 2.24) is 15.3 Å². The van der Waals surface area contributed by atoms with E-state index in [1.54, 1.807) is 18.6 Å². The molecule has 0 aliphatic carbocycles. The molecule has 0 radical (unpaired) electrons. The predicted octanol–water partition coefficient (Wildman–Crippen LogP) is 4.85. The zero-order valence-corrected chi connectivity index (χ0v) is 18.2. The summed E-state index contributed by atoms with van der Waals surface area (Å²) in [6.45, 7) is 4.15. The van der Waals surface area contributed by atoms with Gasteiger partial charge in [0.1, 0.15) is 11.9 Å². The maximum atomic E-state index is 12.0. The first-order valence-corrected chi connectivity index (χ1v) is 10.7. The van der Waals surface area contributed by atoms with E-state index in [1.165, 1.54) is 0 Å². The van der Waals surface area contributed by atoms with Gasteiger partial charge in [0.05, 0.1) is 6.61 Å². The number of pyridine rings is 2. The van der Waals surface area contributed by atoms with E-state index in [2.05, 4.69) is 20.6 Å². The van der Waals surface area contributed by atoms with Crippen molar-refractivity contribution in [2.24, 2.45) is 0 Å². The molecular weight excluding hydrogens is 408 g/mol. The fourth-order valence-electron chi connectivity index (χ4n) is 3.54. The number of ether oxygens (including phenoxy) is 1. The van der Waals surface area contributed by atoms with Gasteiger partial charge in [0.15, 0.2) is 0 Å². The van der Waals surface area contributed by atoms with E-state index in [1.807, 2.05) is 50.2 Å². The van der Waals surface area contributed by atoms with E-state index in [4.69, 9.17) is 4.74 Å². The van der Waals surface area contributed by atoms with Crippen LogP contribution in [0.4, 0.5) is 16.3 Å². The molecule has 0 fully saturated rings. The molecule has 0 saturated heterocycles. The summed E-state index contributed by atoms with van der Waals surface area (Å²) in [4.78, 5) is 32.5. The number of anilines is 2. The number of aliphatic carboxylic acids is 1. The fourth-order valence-corrected chi connectivity index (χ4v) is 3.54. The number of amides is 1. The van der Waals surface area contributed by atoms with Crippen LogP contribution >= 0.6 is 0 Å². The molecule has 3 aromatic rings. The quantitative estimate of drug-likeness (QED) is 0.389. The molecule has 8 nitrogen and oxygen atoms in total. The average molecular weight is 437 g/mol. The molecule has 2 heterocycles. The minimum atomic E-state index is -1.10. The number of benzene rings is 1. The number of fused-ring (bicyclic) bond motifs is 1. The number of carbonyl (C=O) groups excluding carboxylic acids is 1. The Morgan fingerprint density at radius 1 is 1.09 bits per heavy atom. The van der Waals surface area contributed by atoms with Crippen LogP contribution in [0, 0.1) is 0 Å². The molecule has 0 spiro atoms. The highest BCUT2D eigenvalue weighted by Gasteiger charge is 2.30. The van der Waals surface area contributed by atoms with Crippen molar-refractivity contribution in [2.45, 2.75) is 45.1 Å². The molecule has 3 N–H and O–H groups in total. The summed E-state index contributed by atoms with van der Waals surface area (Å²) in [6, 6.07) is 10.2. The number of nitrogens with zero attached hydrogens (tertiary/aromatic N) is 2. The summed E-state index contributed by atoms with van der Waals surface area (Å²) >= 11 is 0. The Hall–Kier alpha value is -3.68. The maximum Gasteiger partial charge on any atom is 0.407 e. The molecule has 2 atom stereocenters. The number of carbonyl (C=O) groups is 2. The van der Waals surface area contributed by atoms with Gasteiger partial charge in [-0.2, -0.15) is 0 Å². The largest absolute Gasteiger partial charge is 0.480 e. The lowest BCUT2D eigenvalue weighted by molar-refractivity contribution is -0.140. The van der Waals surface area contributed by atoms with Crippen LogP contribution in [0.25, 0.3) is 10.8 Å². The summed E-state index contributed by atoms with van der Waals surface area (Å²) in [5.74, 6) is -0.811. The van der Waals surface area contributed by atoms with Gasteiger partial charge in [-0.3, -0.25) is 4.98 Å². The molecule has 32 heavy (non-hydrogen) atoms. The number of hydrogen-bond acceptors (Lipinski definition) is 6. The standard InChI is InChI=1S/C24H28N4O4/c1-3-5-14-32-24(31)28-21(23(29)30)19(4-2)16-6-8-18(9-7-16)27-22-20-15-25-12-10-17(20)11-13-26-22/h6-13,15,19,21H,3-5,14H2,1-2H3,(H,26,27)(H,28,31)(H,29,30). The molecule has 1 aromatic carbocycles. The zero-order chi connectivity index (χ0) is 22.9. The van der Waals surface area contributed by atoms with Gasteiger partial charge >= 0.3 is 12.1 Å². The minimum Gasteiger partial charge on any atom is -0.480 e. The maximum absolute atomic E-state index is 12.0. The SMILES string of the molecule is CCCCOC(=O)NC(C(=O)O)C(CC)c1ccc(Nc2nccc3ccncc23)cc1. The van der Waals surface area contributed by atoms with Crippen LogP contribution in [-0.4, -0.2) is 39.8 Å². The van der Waals surface area contributed by atoms with Gasteiger partial charge < -0.3 is 20.5 Å². The van der Waals surface area contributed by atoms with Gasteiger partial charge in [0.25, 0.3) is 0 Å². The van der Waals surface area contributed by atoms with Crippen molar-refractivity contribution in [3.63, 3.8) is 0 Å². The van der Waals surface area contributed by atoms with Crippen molar-refractivity contribution in [3.8, 4) is 0 Å². The highest BCUT2D eigenvalue weighted by molar-refractivity contribution is 5.92. The van der Waals surface area contributed by atoms with Crippen LogP contribution in [0.5, 0.6) is 0 Å². The number of aromatic nitrogens is 2. The molecular formula is C24H28N4O4. The normalized spacial score (nSPS) is 12.7. The Labute approximate surface area is 187 Å². The van der Waals surface area contributed by atoms with Gasteiger partial charge in [0.2, 0.25) is 0 Å².